The second-order valence-electron chi connectivity index (χ2n) is 7.12. The summed E-state index contributed by atoms with van der Waals surface area (Å²) < 4.78 is 56.2. The van der Waals surface area contributed by atoms with Crippen LogP contribution in [0.4, 0.5) is 17.1 Å². The number of benzene rings is 2. The van der Waals surface area contributed by atoms with Gasteiger partial charge < -0.3 is 20.5 Å². The first-order valence-electron chi connectivity index (χ1n) is 9.22. The van der Waals surface area contributed by atoms with Crippen LogP contribution in [0.15, 0.2) is 47.4 Å². The van der Waals surface area contributed by atoms with E-state index in [1.54, 1.807) is 12.1 Å². The molecular weight excluding hydrogens is 446 g/mol. The Balaban J connectivity index is 1.74. The van der Waals surface area contributed by atoms with Crippen molar-refractivity contribution in [1.82, 2.24) is 0 Å². The van der Waals surface area contributed by atoms with Crippen LogP contribution in [0.1, 0.15) is 6.92 Å². The Morgan fingerprint density at radius 1 is 1.10 bits per heavy atom. The predicted octanol–water partition coefficient (Wildman–Crippen LogP) is 1.02. The zero-order chi connectivity index (χ0) is 22.8. The molecule has 0 unspecified atom stereocenters. The number of aliphatic hydroxyl groups is 1. The van der Waals surface area contributed by atoms with Crippen molar-refractivity contribution in [2.75, 3.05) is 34.0 Å². The molecule has 1 aliphatic rings. The molecule has 0 saturated carbocycles. The lowest BCUT2D eigenvalue weighted by atomic mass is 10.2. The largest absolute Gasteiger partial charge is 0.495 e. The number of amides is 1. The Hall–Kier alpha value is -2.83. The molecule has 1 saturated heterocycles. The zero-order valence-electron chi connectivity index (χ0n) is 16.8. The van der Waals surface area contributed by atoms with E-state index in [1.807, 2.05) is 0 Å². The van der Waals surface area contributed by atoms with E-state index in [0.717, 1.165) is 0 Å². The SMILES string of the molecule is COc1ccc(S(=O)(=O)Nc2ccc(N[C@@H]3CS(=O)(=O)C[C@@H]3O)cc2)cc1NC(C)=O. The Labute approximate surface area is 180 Å². The smallest absolute Gasteiger partial charge is 0.261 e. The standard InChI is InChI=1S/C19H23N3O7S2/c1-12(23)20-16-9-15(7-8-19(16)29-2)31(27,28)22-14-5-3-13(4-6-14)21-17-10-30(25,26)11-18(17)24/h3-9,17-18,21-22,24H,10-11H2,1-2H3,(H,20,23)/t17-,18+/m1/s1. The van der Waals surface area contributed by atoms with E-state index < -0.39 is 32.0 Å². The molecule has 0 spiro atoms. The summed E-state index contributed by atoms with van der Waals surface area (Å²) in [5, 5.41) is 15.3. The number of rotatable bonds is 7. The summed E-state index contributed by atoms with van der Waals surface area (Å²) in [7, 11) is -5.83. The normalized spacial score (nSPS) is 20.1. The van der Waals surface area contributed by atoms with E-state index in [0.29, 0.717) is 11.4 Å². The summed E-state index contributed by atoms with van der Waals surface area (Å²) in [6.07, 6.45) is -1.00. The Morgan fingerprint density at radius 3 is 2.29 bits per heavy atom. The van der Waals surface area contributed by atoms with Crippen LogP contribution in [-0.4, -0.2) is 58.6 Å². The quantitative estimate of drug-likeness (QED) is 0.469. The molecule has 1 amide bonds. The fraction of sp³-hybridized carbons (Fsp3) is 0.316. The van der Waals surface area contributed by atoms with Crippen molar-refractivity contribution in [3.05, 3.63) is 42.5 Å². The molecule has 0 aliphatic carbocycles. The maximum atomic E-state index is 12.7. The van der Waals surface area contributed by atoms with Gasteiger partial charge in [-0.25, -0.2) is 16.8 Å². The fourth-order valence-electron chi connectivity index (χ4n) is 3.17. The highest BCUT2D eigenvalue weighted by atomic mass is 32.2. The number of hydrogen-bond acceptors (Lipinski definition) is 8. The van der Waals surface area contributed by atoms with Gasteiger partial charge in [-0.3, -0.25) is 9.52 Å². The Kier molecular flexibility index (Phi) is 6.43. The van der Waals surface area contributed by atoms with Crippen molar-refractivity contribution in [1.29, 1.82) is 0 Å². The van der Waals surface area contributed by atoms with Crippen molar-refractivity contribution in [2.24, 2.45) is 0 Å². The van der Waals surface area contributed by atoms with Gasteiger partial charge in [0.05, 0.1) is 41.3 Å². The molecule has 12 heteroatoms. The lowest BCUT2D eigenvalue weighted by Crippen LogP contribution is -2.31. The fourth-order valence-corrected chi connectivity index (χ4v) is 6.00. The molecule has 0 radical (unpaired) electrons. The van der Waals surface area contributed by atoms with E-state index in [2.05, 4.69) is 15.4 Å². The van der Waals surface area contributed by atoms with E-state index in [9.17, 15) is 26.7 Å². The third kappa shape index (κ3) is 5.66. The van der Waals surface area contributed by atoms with Gasteiger partial charge in [0, 0.05) is 18.3 Å². The molecule has 2 aromatic carbocycles. The molecule has 4 N–H and O–H groups in total. The zero-order valence-corrected chi connectivity index (χ0v) is 18.5. The molecule has 1 aliphatic heterocycles. The summed E-state index contributed by atoms with van der Waals surface area (Å²) >= 11 is 0. The van der Waals surface area contributed by atoms with Gasteiger partial charge in [-0.1, -0.05) is 0 Å². The average molecular weight is 470 g/mol. The molecule has 2 atom stereocenters. The van der Waals surface area contributed by atoms with Gasteiger partial charge in [0.1, 0.15) is 5.75 Å². The highest BCUT2D eigenvalue weighted by Gasteiger charge is 2.36. The monoisotopic (exact) mass is 469 g/mol. The van der Waals surface area contributed by atoms with Crippen LogP contribution in [0.5, 0.6) is 5.75 Å². The Morgan fingerprint density at radius 2 is 1.74 bits per heavy atom. The molecule has 0 aromatic heterocycles. The van der Waals surface area contributed by atoms with Gasteiger partial charge in [0.25, 0.3) is 10.0 Å². The molecule has 0 bridgehead atoms. The molecule has 2 aromatic rings. The van der Waals surface area contributed by atoms with E-state index in [-0.39, 0.29) is 33.7 Å². The number of methoxy groups -OCH3 is 1. The topological polar surface area (TPSA) is 151 Å². The van der Waals surface area contributed by atoms with Crippen LogP contribution in [-0.2, 0) is 24.7 Å². The highest BCUT2D eigenvalue weighted by molar-refractivity contribution is 7.92. The minimum Gasteiger partial charge on any atom is -0.495 e. The average Bonchev–Trinajstić information content (AvgIpc) is 2.94. The summed E-state index contributed by atoms with van der Waals surface area (Å²) in [6.45, 7) is 1.30. The van der Waals surface area contributed by atoms with Crippen LogP contribution < -0.4 is 20.1 Å². The van der Waals surface area contributed by atoms with Crippen molar-refractivity contribution in [3.63, 3.8) is 0 Å². The van der Waals surface area contributed by atoms with Crippen LogP contribution in [0, 0.1) is 0 Å². The van der Waals surface area contributed by atoms with Gasteiger partial charge in [-0.2, -0.15) is 0 Å². The lowest BCUT2D eigenvalue weighted by molar-refractivity contribution is -0.114. The number of ether oxygens (including phenoxy) is 1. The Bertz CT molecular complexity index is 1180. The number of carbonyl (C=O) groups is 1. The van der Waals surface area contributed by atoms with E-state index in [4.69, 9.17) is 4.74 Å². The maximum Gasteiger partial charge on any atom is 0.261 e. The van der Waals surface area contributed by atoms with Crippen LogP contribution in [0.25, 0.3) is 0 Å². The van der Waals surface area contributed by atoms with Crippen LogP contribution >= 0.6 is 0 Å². The van der Waals surface area contributed by atoms with Gasteiger partial charge in [-0.05, 0) is 42.5 Å². The van der Waals surface area contributed by atoms with Crippen molar-refractivity contribution >= 4 is 42.8 Å². The molecule has 1 fully saturated rings. The number of hydrogen-bond donors (Lipinski definition) is 4. The lowest BCUT2D eigenvalue weighted by Gasteiger charge is -2.17. The van der Waals surface area contributed by atoms with E-state index >= 15 is 0 Å². The maximum absolute atomic E-state index is 12.7. The second kappa shape index (κ2) is 8.73. The molecule has 3 rings (SSSR count). The molecule has 10 nitrogen and oxygen atoms in total. The summed E-state index contributed by atoms with van der Waals surface area (Å²) in [4.78, 5) is 11.3. The van der Waals surface area contributed by atoms with Crippen LogP contribution in [0.2, 0.25) is 0 Å². The molecule has 1 heterocycles. The number of nitrogens with one attached hydrogen (secondary N) is 3. The third-order valence-electron chi connectivity index (χ3n) is 4.60. The van der Waals surface area contributed by atoms with Gasteiger partial charge in [0.15, 0.2) is 9.84 Å². The third-order valence-corrected chi connectivity index (χ3v) is 7.70. The van der Waals surface area contributed by atoms with Gasteiger partial charge >= 0.3 is 0 Å². The number of sulfonamides is 1. The van der Waals surface area contributed by atoms with Crippen molar-refractivity contribution in [2.45, 2.75) is 24.0 Å². The molecular formula is C19H23N3O7S2. The predicted molar refractivity (Wildman–Crippen MR) is 117 cm³/mol. The first-order chi connectivity index (χ1) is 14.5. The second-order valence-corrected chi connectivity index (χ2v) is 11.0. The summed E-state index contributed by atoms with van der Waals surface area (Å²) in [5.74, 6) is -0.508. The van der Waals surface area contributed by atoms with Crippen LogP contribution in [0.3, 0.4) is 0 Å². The molecule has 31 heavy (non-hydrogen) atoms. The number of sulfone groups is 1. The minimum atomic E-state index is -3.95. The number of carbonyl (C=O) groups excluding carboxylic acids is 1. The van der Waals surface area contributed by atoms with Gasteiger partial charge in [0.2, 0.25) is 5.91 Å². The van der Waals surface area contributed by atoms with Crippen molar-refractivity contribution < 1.29 is 31.5 Å². The minimum absolute atomic E-state index is 0.0708. The summed E-state index contributed by atoms with van der Waals surface area (Å²) in [6, 6.07) is 9.62. The number of anilines is 3. The van der Waals surface area contributed by atoms with E-state index in [1.165, 1.54) is 44.4 Å². The van der Waals surface area contributed by atoms with Crippen molar-refractivity contribution in [3.8, 4) is 5.75 Å². The number of aliphatic hydroxyl groups excluding tert-OH is 1. The van der Waals surface area contributed by atoms with Gasteiger partial charge in [-0.15, -0.1) is 0 Å². The first-order valence-corrected chi connectivity index (χ1v) is 12.5. The first kappa shape index (κ1) is 22.8. The molecule has 168 valence electrons. The highest BCUT2D eigenvalue weighted by Crippen LogP contribution is 2.29. The summed E-state index contributed by atoms with van der Waals surface area (Å²) in [5.41, 5.74) is 1.05.